The second-order valence-electron chi connectivity index (χ2n) is 6.67. The van der Waals surface area contributed by atoms with Crippen LogP contribution in [0.3, 0.4) is 0 Å². The fourth-order valence-electron chi connectivity index (χ4n) is 2.93. The minimum absolute atomic E-state index is 0.226. The van der Waals surface area contributed by atoms with Crippen molar-refractivity contribution in [3.63, 3.8) is 0 Å². The number of hydrogen-bond donors (Lipinski definition) is 1. The number of fused-ring (bicyclic) bond motifs is 1. The monoisotopic (exact) mass is 391 g/mol. The van der Waals surface area contributed by atoms with E-state index in [-0.39, 0.29) is 18.4 Å². The van der Waals surface area contributed by atoms with Crippen molar-refractivity contribution in [2.24, 2.45) is 0 Å². The Kier molecular flexibility index (Phi) is 5.51. The molecule has 1 amide bonds. The van der Waals surface area contributed by atoms with Gasteiger partial charge in [-0.15, -0.1) is 10.2 Å². The molecular formula is C21H21N5O3. The number of amides is 1. The van der Waals surface area contributed by atoms with Gasteiger partial charge >= 0.3 is 0 Å². The van der Waals surface area contributed by atoms with Gasteiger partial charge < -0.3 is 19.7 Å². The zero-order chi connectivity index (χ0) is 20.1. The topological polar surface area (TPSA) is 89.5 Å². The van der Waals surface area contributed by atoms with Gasteiger partial charge in [0.2, 0.25) is 6.79 Å². The summed E-state index contributed by atoms with van der Waals surface area (Å²) in [7, 11) is 1.95. The lowest BCUT2D eigenvalue weighted by Gasteiger charge is -2.17. The predicted octanol–water partition coefficient (Wildman–Crippen LogP) is 2.21. The summed E-state index contributed by atoms with van der Waals surface area (Å²) in [5, 5.41) is 11.1. The van der Waals surface area contributed by atoms with E-state index in [1.54, 1.807) is 24.5 Å². The van der Waals surface area contributed by atoms with Crippen molar-refractivity contribution < 1.29 is 14.3 Å². The first kappa shape index (κ1) is 18.7. The van der Waals surface area contributed by atoms with Crippen molar-refractivity contribution in [1.82, 2.24) is 20.5 Å². The third-order valence-electron chi connectivity index (χ3n) is 4.65. The van der Waals surface area contributed by atoms with E-state index in [9.17, 15) is 4.79 Å². The van der Waals surface area contributed by atoms with Gasteiger partial charge in [-0.25, -0.2) is 0 Å². The van der Waals surface area contributed by atoms with E-state index in [0.29, 0.717) is 18.1 Å². The highest BCUT2D eigenvalue weighted by Crippen LogP contribution is 2.32. The van der Waals surface area contributed by atoms with Gasteiger partial charge in [0.05, 0.1) is 0 Å². The van der Waals surface area contributed by atoms with Crippen LogP contribution in [-0.4, -0.2) is 41.5 Å². The maximum absolute atomic E-state index is 12.4. The van der Waals surface area contributed by atoms with Crippen LogP contribution in [0.2, 0.25) is 0 Å². The van der Waals surface area contributed by atoms with Crippen molar-refractivity contribution >= 4 is 11.7 Å². The average molecular weight is 391 g/mol. The SMILES string of the molecule is CN(CCc1ccncc1)c1ccc(C(=O)NCc2ccc3c(c2)OCO3)nn1. The Morgan fingerprint density at radius 1 is 1.03 bits per heavy atom. The molecule has 0 bridgehead atoms. The molecule has 29 heavy (non-hydrogen) atoms. The van der Waals surface area contributed by atoms with E-state index < -0.39 is 0 Å². The second-order valence-corrected chi connectivity index (χ2v) is 6.67. The number of nitrogens with zero attached hydrogens (tertiary/aromatic N) is 4. The first-order valence-electron chi connectivity index (χ1n) is 9.29. The summed E-state index contributed by atoms with van der Waals surface area (Å²) in [6, 6.07) is 13.0. The third kappa shape index (κ3) is 4.60. The Hall–Kier alpha value is -3.68. The van der Waals surface area contributed by atoms with Crippen LogP contribution in [0.5, 0.6) is 11.5 Å². The van der Waals surface area contributed by atoms with Crippen LogP contribution in [-0.2, 0) is 13.0 Å². The maximum atomic E-state index is 12.4. The molecular weight excluding hydrogens is 370 g/mol. The molecule has 8 heteroatoms. The molecule has 0 fully saturated rings. The molecule has 0 saturated carbocycles. The summed E-state index contributed by atoms with van der Waals surface area (Å²) in [5.41, 5.74) is 2.40. The number of pyridine rings is 1. The van der Waals surface area contributed by atoms with E-state index in [4.69, 9.17) is 9.47 Å². The molecule has 4 rings (SSSR count). The van der Waals surface area contributed by atoms with E-state index >= 15 is 0 Å². The van der Waals surface area contributed by atoms with Crippen LogP contribution < -0.4 is 19.7 Å². The number of anilines is 1. The van der Waals surface area contributed by atoms with E-state index in [1.165, 1.54) is 5.56 Å². The molecule has 1 N–H and O–H groups in total. The van der Waals surface area contributed by atoms with Crippen LogP contribution in [0.25, 0.3) is 0 Å². The van der Waals surface area contributed by atoms with E-state index in [1.807, 2.05) is 42.3 Å². The Morgan fingerprint density at radius 2 is 1.86 bits per heavy atom. The molecule has 1 aliphatic rings. The molecule has 0 saturated heterocycles. The first-order chi connectivity index (χ1) is 14.2. The summed E-state index contributed by atoms with van der Waals surface area (Å²) < 4.78 is 10.6. The van der Waals surface area contributed by atoms with Crippen molar-refractivity contribution in [2.75, 3.05) is 25.3 Å². The smallest absolute Gasteiger partial charge is 0.272 e. The van der Waals surface area contributed by atoms with Gasteiger partial charge in [0.15, 0.2) is 23.0 Å². The number of nitrogens with one attached hydrogen (secondary N) is 1. The molecule has 0 atom stereocenters. The van der Waals surface area contributed by atoms with Gasteiger partial charge in [-0.3, -0.25) is 9.78 Å². The number of rotatable bonds is 7. The Balaban J connectivity index is 1.30. The van der Waals surface area contributed by atoms with Gasteiger partial charge in [-0.1, -0.05) is 6.07 Å². The number of hydrogen-bond acceptors (Lipinski definition) is 7. The fourth-order valence-corrected chi connectivity index (χ4v) is 2.93. The van der Waals surface area contributed by atoms with E-state index in [2.05, 4.69) is 20.5 Å². The summed E-state index contributed by atoms with van der Waals surface area (Å²) in [6.45, 7) is 1.38. The van der Waals surface area contributed by atoms with Crippen LogP contribution in [0, 0.1) is 0 Å². The Labute approximate surface area is 168 Å². The molecule has 8 nitrogen and oxygen atoms in total. The largest absolute Gasteiger partial charge is 0.454 e. The van der Waals surface area contributed by atoms with Gasteiger partial charge in [-0.2, -0.15) is 0 Å². The van der Waals surface area contributed by atoms with Gasteiger partial charge in [-0.05, 0) is 53.9 Å². The first-order valence-corrected chi connectivity index (χ1v) is 9.29. The maximum Gasteiger partial charge on any atom is 0.272 e. The summed E-state index contributed by atoms with van der Waals surface area (Å²) >= 11 is 0. The molecule has 3 aromatic rings. The minimum atomic E-state index is -0.277. The number of ether oxygens (including phenoxy) is 2. The number of benzene rings is 1. The number of likely N-dealkylation sites (N-methyl/N-ethyl adjacent to an activating group) is 1. The predicted molar refractivity (Wildman–Crippen MR) is 107 cm³/mol. The summed E-state index contributed by atoms with van der Waals surface area (Å²) in [5.74, 6) is 1.85. The van der Waals surface area contributed by atoms with Crippen LogP contribution >= 0.6 is 0 Å². The van der Waals surface area contributed by atoms with E-state index in [0.717, 1.165) is 24.3 Å². The molecule has 0 unspecified atom stereocenters. The molecule has 1 aliphatic heterocycles. The molecule has 2 aromatic heterocycles. The molecule has 0 spiro atoms. The van der Waals surface area contributed by atoms with Gasteiger partial charge in [0, 0.05) is 32.5 Å². The van der Waals surface area contributed by atoms with Crippen LogP contribution in [0.15, 0.2) is 54.9 Å². The van der Waals surface area contributed by atoms with Gasteiger partial charge in [0.1, 0.15) is 0 Å². The zero-order valence-electron chi connectivity index (χ0n) is 16.0. The Bertz CT molecular complexity index is 979. The highest BCUT2D eigenvalue weighted by molar-refractivity contribution is 5.92. The third-order valence-corrected chi connectivity index (χ3v) is 4.65. The average Bonchev–Trinajstić information content (AvgIpc) is 3.24. The van der Waals surface area contributed by atoms with Crippen molar-refractivity contribution in [3.05, 3.63) is 71.7 Å². The normalized spacial score (nSPS) is 11.9. The summed E-state index contributed by atoms with van der Waals surface area (Å²) in [6.07, 6.45) is 4.44. The molecule has 1 aromatic carbocycles. The van der Waals surface area contributed by atoms with Gasteiger partial charge in [0.25, 0.3) is 5.91 Å². The minimum Gasteiger partial charge on any atom is -0.454 e. The van der Waals surface area contributed by atoms with Crippen molar-refractivity contribution in [2.45, 2.75) is 13.0 Å². The highest BCUT2D eigenvalue weighted by atomic mass is 16.7. The number of carbonyl (C=O) groups is 1. The molecule has 148 valence electrons. The number of carbonyl (C=O) groups excluding carboxylic acids is 1. The fraction of sp³-hybridized carbons (Fsp3) is 0.238. The Morgan fingerprint density at radius 3 is 2.66 bits per heavy atom. The molecule has 0 radical (unpaired) electrons. The van der Waals surface area contributed by atoms with Crippen LogP contribution in [0.1, 0.15) is 21.6 Å². The lowest BCUT2D eigenvalue weighted by Crippen LogP contribution is -2.25. The zero-order valence-corrected chi connectivity index (χ0v) is 16.0. The van der Waals surface area contributed by atoms with Crippen molar-refractivity contribution in [1.29, 1.82) is 0 Å². The lowest BCUT2D eigenvalue weighted by atomic mass is 10.2. The molecule has 0 aliphatic carbocycles. The molecule has 3 heterocycles. The quantitative estimate of drug-likeness (QED) is 0.660. The summed E-state index contributed by atoms with van der Waals surface area (Å²) in [4.78, 5) is 18.4. The highest BCUT2D eigenvalue weighted by Gasteiger charge is 2.14. The van der Waals surface area contributed by atoms with Crippen LogP contribution in [0.4, 0.5) is 5.82 Å². The van der Waals surface area contributed by atoms with Crippen molar-refractivity contribution in [3.8, 4) is 11.5 Å². The lowest BCUT2D eigenvalue weighted by molar-refractivity contribution is 0.0945. The number of aromatic nitrogens is 3. The second kappa shape index (κ2) is 8.55. The standard InChI is InChI=1S/C21H21N5O3/c1-26(11-8-15-6-9-22-10-7-15)20-5-3-17(24-25-20)21(27)23-13-16-2-4-18-19(12-16)29-14-28-18/h2-7,9-10,12H,8,11,13-14H2,1H3,(H,23,27).